The zero-order chi connectivity index (χ0) is 21.5. The Morgan fingerprint density at radius 2 is 1.60 bits per heavy atom. The van der Waals surface area contributed by atoms with E-state index in [-0.39, 0.29) is 24.0 Å². The van der Waals surface area contributed by atoms with Gasteiger partial charge in [-0.15, -0.1) is 0 Å². The van der Waals surface area contributed by atoms with Crippen LogP contribution in [0.3, 0.4) is 0 Å². The molecule has 0 bridgehead atoms. The summed E-state index contributed by atoms with van der Waals surface area (Å²) in [5, 5.41) is 0. The van der Waals surface area contributed by atoms with E-state index in [2.05, 4.69) is 11.0 Å². The van der Waals surface area contributed by atoms with Crippen LogP contribution in [0.4, 0.5) is 5.69 Å². The van der Waals surface area contributed by atoms with Crippen molar-refractivity contribution < 1.29 is 14.3 Å². The Morgan fingerprint density at radius 1 is 0.967 bits per heavy atom. The molecule has 1 aromatic carbocycles. The molecule has 0 aromatic heterocycles. The minimum Gasteiger partial charge on any atom is -0.372 e. The number of benzene rings is 1. The lowest BCUT2D eigenvalue weighted by Gasteiger charge is -2.36. The van der Waals surface area contributed by atoms with E-state index >= 15 is 0 Å². The number of ether oxygens (including phenoxy) is 1. The number of morpholine rings is 1. The summed E-state index contributed by atoms with van der Waals surface area (Å²) in [6.07, 6.45) is 5.76. The second-order valence-electron chi connectivity index (χ2n) is 8.83. The first-order valence-electron chi connectivity index (χ1n) is 11.5. The highest BCUT2D eigenvalue weighted by Gasteiger charge is 2.27. The first-order valence-corrected chi connectivity index (χ1v) is 11.5. The zero-order valence-electron chi connectivity index (χ0n) is 18.8. The molecule has 0 spiro atoms. The van der Waals surface area contributed by atoms with Gasteiger partial charge in [-0.05, 0) is 44.9 Å². The van der Waals surface area contributed by atoms with Gasteiger partial charge in [-0.2, -0.15) is 0 Å². The Labute approximate surface area is 181 Å². The maximum Gasteiger partial charge on any atom is 0.236 e. The first-order chi connectivity index (χ1) is 14.4. The minimum absolute atomic E-state index is 0.0776. The van der Waals surface area contributed by atoms with Gasteiger partial charge in [0, 0.05) is 38.8 Å². The lowest BCUT2D eigenvalue weighted by Crippen LogP contribution is -2.51. The number of nitrogens with zero attached hydrogens (tertiary/aromatic N) is 3. The van der Waals surface area contributed by atoms with Gasteiger partial charge in [0.05, 0.1) is 18.8 Å². The van der Waals surface area contributed by atoms with Crippen molar-refractivity contribution in [1.29, 1.82) is 0 Å². The van der Waals surface area contributed by atoms with Gasteiger partial charge < -0.3 is 14.5 Å². The number of anilines is 1. The summed E-state index contributed by atoms with van der Waals surface area (Å²) in [4.78, 5) is 31.5. The van der Waals surface area contributed by atoms with Crippen molar-refractivity contribution in [2.45, 2.75) is 71.6 Å². The Kier molecular flexibility index (Phi) is 8.28. The Hall–Kier alpha value is -1.92. The molecule has 1 aromatic rings. The molecule has 30 heavy (non-hydrogen) atoms. The molecule has 6 nitrogen and oxygen atoms in total. The molecule has 2 heterocycles. The molecule has 1 fully saturated rings. The van der Waals surface area contributed by atoms with Crippen LogP contribution in [0.15, 0.2) is 24.3 Å². The number of hydrogen-bond acceptors (Lipinski definition) is 4. The quantitative estimate of drug-likeness (QED) is 0.743. The molecule has 0 aliphatic carbocycles. The fourth-order valence-corrected chi connectivity index (χ4v) is 4.62. The zero-order valence-corrected chi connectivity index (χ0v) is 18.8. The van der Waals surface area contributed by atoms with E-state index in [1.807, 2.05) is 41.8 Å². The van der Waals surface area contributed by atoms with Crippen molar-refractivity contribution in [2.24, 2.45) is 0 Å². The van der Waals surface area contributed by atoms with E-state index in [1.54, 1.807) is 6.92 Å². The summed E-state index contributed by atoms with van der Waals surface area (Å²) in [6.45, 7) is 9.76. The summed E-state index contributed by atoms with van der Waals surface area (Å²) >= 11 is 0. The third-order valence-corrected chi connectivity index (χ3v) is 6.04. The predicted molar refractivity (Wildman–Crippen MR) is 119 cm³/mol. The van der Waals surface area contributed by atoms with Crippen molar-refractivity contribution in [3.8, 4) is 0 Å². The fraction of sp³-hybridized carbons (Fsp3) is 0.667. The molecule has 0 radical (unpaired) electrons. The number of rotatable bonds is 2. The van der Waals surface area contributed by atoms with E-state index in [4.69, 9.17) is 4.74 Å². The average Bonchev–Trinajstić information content (AvgIpc) is 2.68. The lowest BCUT2D eigenvalue weighted by molar-refractivity contribution is -0.144. The van der Waals surface area contributed by atoms with E-state index in [0.717, 1.165) is 50.0 Å². The molecule has 0 N–H and O–H groups in total. The molecule has 2 aliphatic rings. The van der Waals surface area contributed by atoms with Crippen molar-refractivity contribution >= 4 is 17.5 Å². The monoisotopic (exact) mass is 415 g/mol. The highest BCUT2D eigenvalue weighted by atomic mass is 16.5. The molecule has 6 heteroatoms. The average molecular weight is 416 g/mol. The van der Waals surface area contributed by atoms with Gasteiger partial charge in [-0.3, -0.25) is 14.5 Å². The van der Waals surface area contributed by atoms with Crippen LogP contribution in [-0.4, -0.2) is 66.5 Å². The number of para-hydroxylation sites is 1. The number of carbonyl (C=O) groups is 2. The summed E-state index contributed by atoms with van der Waals surface area (Å²) in [6, 6.07) is 8.14. The van der Waals surface area contributed by atoms with Crippen LogP contribution in [0.5, 0.6) is 0 Å². The SMILES string of the molecule is CC(=O)N1CCCCCCCN(CC(=O)N2CC(C)OC(C)C2)Cc2ccccc21. The van der Waals surface area contributed by atoms with E-state index in [9.17, 15) is 9.59 Å². The predicted octanol–water partition coefficient (Wildman–Crippen LogP) is 3.44. The van der Waals surface area contributed by atoms with Crippen molar-refractivity contribution in [2.75, 3.05) is 37.6 Å². The van der Waals surface area contributed by atoms with Crippen LogP contribution in [0.2, 0.25) is 0 Å². The smallest absolute Gasteiger partial charge is 0.236 e. The molecule has 2 amide bonds. The maximum absolute atomic E-state index is 13.1. The number of fused-ring (bicyclic) bond motifs is 1. The van der Waals surface area contributed by atoms with E-state index < -0.39 is 0 Å². The van der Waals surface area contributed by atoms with Gasteiger partial charge in [-0.1, -0.05) is 37.5 Å². The first kappa shape index (κ1) is 22.8. The van der Waals surface area contributed by atoms with Crippen molar-refractivity contribution in [1.82, 2.24) is 9.80 Å². The van der Waals surface area contributed by atoms with Gasteiger partial charge in [0.2, 0.25) is 11.8 Å². The molecule has 1 saturated heterocycles. The molecular formula is C24H37N3O3. The van der Waals surface area contributed by atoms with Crippen LogP contribution >= 0.6 is 0 Å². The van der Waals surface area contributed by atoms with E-state index in [0.29, 0.717) is 26.2 Å². The van der Waals surface area contributed by atoms with Crippen molar-refractivity contribution in [3.63, 3.8) is 0 Å². The number of hydrogen-bond donors (Lipinski definition) is 0. The van der Waals surface area contributed by atoms with Crippen LogP contribution in [0, 0.1) is 0 Å². The van der Waals surface area contributed by atoms with Gasteiger partial charge in [-0.25, -0.2) is 0 Å². The topological polar surface area (TPSA) is 53.1 Å². The maximum atomic E-state index is 13.1. The highest BCUT2D eigenvalue weighted by Crippen LogP contribution is 2.24. The second-order valence-corrected chi connectivity index (χ2v) is 8.83. The number of amides is 2. The van der Waals surface area contributed by atoms with Gasteiger partial charge >= 0.3 is 0 Å². The third-order valence-electron chi connectivity index (χ3n) is 6.04. The molecular weight excluding hydrogens is 378 g/mol. The third kappa shape index (κ3) is 6.29. The fourth-order valence-electron chi connectivity index (χ4n) is 4.62. The Bertz CT molecular complexity index is 713. The summed E-state index contributed by atoms with van der Waals surface area (Å²) in [5.74, 6) is 0.253. The lowest BCUT2D eigenvalue weighted by atomic mass is 10.1. The second kappa shape index (κ2) is 10.9. The molecule has 0 saturated carbocycles. The number of carbonyl (C=O) groups excluding carboxylic acids is 2. The Morgan fingerprint density at radius 3 is 2.30 bits per heavy atom. The van der Waals surface area contributed by atoms with Crippen LogP contribution < -0.4 is 4.90 Å². The summed E-state index contributed by atoms with van der Waals surface area (Å²) in [7, 11) is 0. The van der Waals surface area contributed by atoms with E-state index in [1.165, 1.54) is 6.42 Å². The molecule has 3 rings (SSSR count). The van der Waals surface area contributed by atoms with Crippen LogP contribution in [0.1, 0.15) is 58.4 Å². The van der Waals surface area contributed by atoms with Gasteiger partial charge in [0.15, 0.2) is 0 Å². The molecule has 2 aliphatic heterocycles. The van der Waals surface area contributed by atoms with Gasteiger partial charge in [0.25, 0.3) is 0 Å². The largest absolute Gasteiger partial charge is 0.372 e. The summed E-state index contributed by atoms with van der Waals surface area (Å²) < 4.78 is 5.78. The Balaban J connectivity index is 1.77. The molecule has 2 unspecified atom stereocenters. The van der Waals surface area contributed by atoms with Gasteiger partial charge in [0.1, 0.15) is 0 Å². The van der Waals surface area contributed by atoms with Crippen LogP contribution in [-0.2, 0) is 20.9 Å². The minimum atomic E-state index is 0.0776. The summed E-state index contributed by atoms with van der Waals surface area (Å²) in [5.41, 5.74) is 2.10. The van der Waals surface area contributed by atoms with Crippen molar-refractivity contribution in [3.05, 3.63) is 29.8 Å². The normalized spacial score (nSPS) is 24.5. The highest BCUT2D eigenvalue weighted by molar-refractivity contribution is 5.92. The molecule has 166 valence electrons. The standard InChI is InChI=1S/C24H37N3O3/c1-19-15-26(16-20(2)30-19)24(29)18-25-13-9-5-4-6-10-14-27(21(3)28)23-12-8-7-11-22(23)17-25/h7-8,11-12,19-20H,4-6,9-10,13-18H2,1-3H3. The molecule has 2 atom stereocenters. The van der Waals surface area contributed by atoms with Crippen LogP contribution in [0.25, 0.3) is 0 Å².